The van der Waals surface area contributed by atoms with E-state index in [1.807, 2.05) is 0 Å². The third kappa shape index (κ3) is 4.60. The number of benzene rings is 1. The highest BCUT2D eigenvalue weighted by atomic mass is 35.5. The maximum absolute atomic E-state index is 13.6. The summed E-state index contributed by atoms with van der Waals surface area (Å²) in [5, 5.41) is 7.51. The Morgan fingerprint density at radius 3 is 2.71 bits per heavy atom. The van der Waals surface area contributed by atoms with Crippen molar-refractivity contribution in [2.24, 2.45) is 0 Å². The van der Waals surface area contributed by atoms with Gasteiger partial charge in [-0.25, -0.2) is 9.18 Å². The Labute approximate surface area is 127 Å². The summed E-state index contributed by atoms with van der Waals surface area (Å²) in [6, 6.07) is 4.07. The molecule has 1 saturated carbocycles. The molecule has 0 radical (unpaired) electrons. The summed E-state index contributed by atoms with van der Waals surface area (Å²) in [5.41, 5.74) is 0.119. The third-order valence-corrected chi connectivity index (χ3v) is 3.63. The number of carbonyl (C=O) groups excluding carboxylic acids is 2. The Bertz CT molecular complexity index is 533. The normalized spacial score (nSPS) is 14.8. The summed E-state index contributed by atoms with van der Waals surface area (Å²) in [4.78, 5) is 23.2. The summed E-state index contributed by atoms with van der Waals surface area (Å²) in [5.74, 6) is -1.16. The van der Waals surface area contributed by atoms with Crippen molar-refractivity contribution in [1.29, 1.82) is 0 Å². The Morgan fingerprint density at radius 1 is 1.29 bits per heavy atom. The Morgan fingerprint density at radius 2 is 2.00 bits per heavy atom. The smallest absolute Gasteiger partial charge is 0.321 e. The maximum atomic E-state index is 13.6. The minimum absolute atomic E-state index is 0.0283. The molecule has 0 atom stereocenters. The fraction of sp³-hybridized carbons (Fsp3) is 0.429. The monoisotopic (exact) mass is 313 g/mol. The van der Waals surface area contributed by atoms with Crippen molar-refractivity contribution in [3.63, 3.8) is 0 Å². The predicted octanol–water partition coefficient (Wildman–Crippen LogP) is 2.66. The molecule has 2 rings (SSSR count). The van der Waals surface area contributed by atoms with Gasteiger partial charge in [0.2, 0.25) is 5.91 Å². The molecule has 0 aliphatic heterocycles. The van der Waals surface area contributed by atoms with Gasteiger partial charge in [-0.05, 0) is 25.0 Å². The predicted molar refractivity (Wildman–Crippen MR) is 78.8 cm³/mol. The molecule has 1 aromatic carbocycles. The summed E-state index contributed by atoms with van der Waals surface area (Å²) in [7, 11) is 0. The second-order valence-corrected chi connectivity index (χ2v) is 5.37. The van der Waals surface area contributed by atoms with Crippen molar-refractivity contribution in [1.82, 2.24) is 10.6 Å². The van der Waals surface area contributed by atoms with Gasteiger partial charge < -0.3 is 10.6 Å². The number of nitrogens with one attached hydrogen (secondary N) is 3. The number of imide groups is 1. The summed E-state index contributed by atoms with van der Waals surface area (Å²) >= 11 is 5.63. The largest absolute Gasteiger partial charge is 0.374 e. The molecule has 0 saturated heterocycles. The minimum Gasteiger partial charge on any atom is -0.374 e. The third-order valence-electron chi connectivity index (χ3n) is 3.33. The van der Waals surface area contributed by atoms with Crippen LogP contribution >= 0.6 is 11.6 Å². The van der Waals surface area contributed by atoms with Crippen LogP contribution in [0.25, 0.3) is 0 Å². The van der Waals surface area contributed by atoms with E-state index in [1.54, 1.807) is 6.07 Å². The quantitative estimate of drug-likeness (QED) is 0.800. The number of carbonyl (C=O) groups is 2. The Balaban J connectivity index is 1.76. The van der Waals surface area contributed by atoms with Crippen LogP contribution in [0.3, 0.4) is 0 Å². The zero-order valence-electron chi connectivity index (χ0n) is 11.4. The van der Waals surface area contributed by atoms with Crippen molar-refractivity contribution in [2.45, 2.75) is 31.7 Å². The topological polar surface area (TPSA) is 70.2 Å². The number of anilines is 1. The van der Waals surface area contributed by atoms with Crippen LogP contribution < -0.4 is 16.0 Å². The second-order valence-electron chi connectivity index (χ2n) is 4.96. The average molecular weight is 314 g/mol. The van der Waals surface area contributed by atoms with Crippen LogP contribution in [0, 0.1) is 5.82 Å². The van der Waals surface area contributed by atoms with Gasteiger partial charge in [-0.3, -0.25) is 10.1 Å². The van der Waals surface area contributed by atoms with Gasteiger partial charge in [0.25, 0.3) is 0 Å². The van der Waals surface area contributed by atoms with Crippen LogP contribution in [0.2, 0.25) is 5.02 Å². The van der Waals surface area contributed by atoms with Crippen molar-refractivity contribution in [3.05, 3.63) is 29.0 Å². The first-order chi connectivity index (χ1) is 10.1. The molecule has 1 aromatic rings. The molecule has 1 aliphatic rings. The number of halogens is 2. The fourth-order valence-electron chi connectivity index (χ4n) is 2.28. The van der Waals surface area contributed by atoms with Gasteiger partial charge in [-0.15, -0.1) is 0 Å². The summed E-state index contributed by atoms with van der Waals surface area (Å²) < 4.78 is 13.6. The molecule has 0 unspecified atom stereocenters. The molecule has 1 aliphatic carbocycles. The molecule has 0 aromatic heterocycles. The van der Waals surface area contributed by atoms with E-state index in [9.17, 15) is 14.0 Å². The van der Waals surface area contributed by atoms with Crippen LogP contribution in [0.1, 0.15) is 25.7 Å². The van der Waals surface area contributed by atoms with E-state index < -0.39 is 17.8 Å². The van der Waals surface area contributed by atoms with E-state index in [2.05, 4.69) is 16.0 Å². The summed E-state index contributed by atoms with van der Waals surface area (Å²) in [6.07, 6.45) is 4.06. The van der Waals surface area contributed by atoms with E-state index >= 15 is 0 Å². The van der Waals surface area contributed by atoms with Crippen LogP contribution in [0.15, 0.2) is 18.2 Å². The molecule has 114 valence electrons. The molecule has 3 amide bonds. The Kier molecular flexibility index (Phi) is 5.38. The van der Waals surface area contributed by atoms with Gasteiger partial charge in [-0.2, -0.15) is 0 Å². The van der Waals surface area contributed by atoms with Crippen LogP contribution in [-0.4, -0.2) is 24.5 Å². The van der Waals surface area contributed by atoms with E-state index in [-0.39, 0.29) is 23.3 Å². The molecule has 21 heavy (non-hydrogen) atoms. The van der Waals surface area contributed by atoms with Crippen LogP contribution in [0.5, 0.6) is 0 Å². The molecule has 7 heteroatoms. The van der Waals surface area contributed by atoms with Gasteiger partial charge >= 0.3 is 6.03 Å². The average Bonchev–Trinajstić information content (AvgIpc) is 2.93. The molecular formula is C14H17ClFN3O2. The number of hydrogen-bond acceptors (Lipinski definition) is 3. The Hall–Kier alpha value is -1.82. The first-order valence-corrected chi connectivity index (χ1v) is 7.22. The van der Waals surface area contributed by atoms with Crippen molar-refractivity contribution in [3.8, 4) is 0 Å². The molecule has 3 N–H and O–H groups in total. The van der Waals surface area contributed by atoms with Gasteiger partial charge in [0.1, 0.15) is 0 Å². The highest BCUT2D eigenvalue weighted by Gasteiger charge is 2.18. The van der Waals surface area contributed by atoms with Crippen molar-refractivity contribution >= 4 is 29.2 Å². The van der Waals surface area contributed by atoms with Gasteiger partial charge in [-0.1, -0.05) is 30.5 Å². The van der Waals surface area contributed by atoms with Gasteiger partial charge in [0.15, 0.2) is 5.82 Å². The zero-order chi connectivity index (χ0) is 15.2. The van der Waals surface area contributed by atoms with E-state index in [1.165, 1.54) is 12.1 Å². The highest BCUT2D eigenvalue weighted by Crippen LogP contribution is 2.21. The lowest BCUT2D eigenvalue weighted by Gasteiger charge is -2.13. The van der Waals surface area contributed by atoms with E-state index in [4.69, 9.17) is 11.6 Å². The molecule has 1 fully saturated rings. The molecule has 5 nitrogen and oxygen atoms in total. The molecule has 0 bridgehead atoms. The number of amides is 3. The lowest BCUT2D eigenvalue weighted by molar-refractivity contribution is -0.118. The first-order valence-electron chi connectivity index (χ1n) is 6.84. The van der Waals surface area contributed by atoms with Crippen molar-refractivity contribution in [2.75, 3.05) is 11.9 Å². The fourth-order valence-corrected chi connectivity index (χ4v) is 2.45. The lowest BCUT2D eigenvalue weighted by atomic mass is 10.2. The molecule has 0 spiro atoms. The summed E-state index contributed by atoms with van der Waals surface area (Å²) in [6.45, 7) is -0.213. The standard InChI is InChI=1S/C14H17ClFN3O2/c15-10-6-3-7-11(13(10)16)17-8-12(20)19-14(21)18-9-4-1-2-5-9/h3,6-7,9,17H,1-2,4-5,8H2,(H2,18,19,20,21). The van der Waals surface area contributed by atoms with Crippen LogP contribution in [-0.2, 0) is 4.79 Å². The SMILES string of the molecule is O=C(CNc1cccc(Cl)c1F)NC(=O)NC1CCCC1. The molecular weight excluding hydrogens is 297 g/mol. The van der Waals surface area contributed by atoms with Crippen LogP contribution in [0.4, 0.5) is 14.9 Å². The lowest BCUT2D eigenvalue weighted by Crippen LogP contribution is -2.45. The van der Waals surface area contributed by atoms with Gasteiger partial charge in [0.05, 0.1) is 17.3 Å². The highest BCUT2D eigenvalue weighted by molar-refractivity contribution is 6.31. The molecule has 0 heterocycles. The number of rotatable bonds is 4. The second kappa shape index (κ2) is 7.26. The van der Waals surface area contributed by atoms with E-state index in [0.717, 1.165) is 25.7 Å². The number of hydrogen-bond donors (Lipinski definition) is 3. The van der Waals surface area contributed by atoms with E-state index in [0.29, 0.717) is 0 Å². The zero-order valence-corrected chi connectivity index (χ0v) is 12.2. The van der Waals surface area contributed by atoms with Crippen molar-refractivity contribution < 1.29 is 14.0 Å². The van der Waals surface area contributed by atoms with Gasteiger partial charge in [0, 0.05) is 6.04 Å². The minimum atomic E-state index is -0.623. The number of urea groups is 1. The maximum Gasteiger partial charge on any atom is 0.321 e. The first kappa shape index (κ1) is 15.6.